The van der Waals surface area contributed by atoms with Crippen molar-refractivity contribution < 1.29 is 0 Å². The van der Waals surface area contributed by atoms with Gasteiger partial charge in [0.25, 0.3) is 0 Å². The number of aromatic nitrogens is 1. The number of hydrogen-bond acceptors (Lipinski definition) is 2. The van der Waals surface area contributed by atoms with Crippen molar-refractivity contribution in [1.29, 1.82) is 0 Å². The van der Waals surface area contributed by atoms with E-state index in [4.69, 9.17) is 0 Å². The van der Waals surface area contributed by atoms with Gasteiger partial charge >= 0.3 is 0 Å². The number of fused-ring (bicyclic) bond motifs is 1. The molecule has 2 aromatic rings. The molecule has 1 unspecified atom stereocenters. The van der Waals surface area contributed by atoms with E-state index in [1.807, 2.05) is 0 Å². The third-order valence-electron chi connectivity index (χ3n) is 2.29. The lowest BCUT2D eigenvalue weighted by atomic mass is 10.1. The highest BCUT2D eigenvalue weighted by atomic mass is 32.1. The van der Waals surface area contributed by atoms with Crippen molar-refractivity contribution in [2.75, 3.05) is 0 Å². The Morgan fingerprint density at radius 3 is 2.69 bits per heavy atom. The summed E-state index contributed by atoms with van der Waals surface area (Å²) in [4.78, 5) is 4.52. The molecule has 68 valence electrons. The molecule has 2 rings (SSSR count). The number of nitrogens with zero attached hydrogens (tertiary/aromatic N) is 1. The maximum atomic E-state index is 4.52. The summed E-state index contributed by atoms with van der Waals surface area (Å²) in [6.45, 7) is 6.34. The highest BCUT2D eigenvalue weighted by Crippen LogP contribution is 2.25. The average Bonchev–Trinajstić information content (AvgIpc) is 2.42. The van der Waals surface area contributed by atoms with Crippen LogP contribution in [0.3, 0.4) is 0 Å². The van der Waals surface area contributed by atoms with Crippen LogP contribution in [0.25, 0.3) is 10.2 Å². The summed E-state index contributed by atoms with van der Waals surface area (Å²) in [6, 6.07) is 2.22. The SMILES string of the molecule is Cc1nc2c(C)c(P)c(C)cc2s1. The first-order valence-electron chi connectivity index (χ1n) is 4.22. The van der Waals surface area contributed by atoms with Gasteiger partial charge in [-0.1, -0.05) is 0 Å². The fourth-order valence-electron chi connectivity index (χ4n) is 1.51. The molecular formula is C10H12NPS. The summed E-state index contributed by atoms with van der Waals surface area (Å²) < 4.78 is 1.30. The molecule has 13 heavy (non-hydrogen) atoms. The van der Waals surface area contributed by atoms with Gasteiger partial charge in [0.1, 0.15) is 0 Å². The maximum absolute atomic E-state index is 4.52. The molecule has 0 bridgehead atoms. The van der Waals surface area contributed by atoms with Crippen LogP contribution in [-0.2, 0) is 0 Å². The Morgan fingerprint density at radius 1 is 1.31 bits per heavy atom. The average molecular weight is 209 g/mol. The van der Waals surface area contributed by atoms with Gasteiger partial charge in [-0.25, -0.2) is 4.98 Å². The largest absolute Gasteiger partial charge is 0.241 e. The van der Waals surface area contributed by atoms with Crippen LogP contribution < -0.4 is 5.30 Å². The first-order valence-corrected chi connectivity index (χ1v) is 5.62. The number of benzene rings is 1. The predicted octanol–water partition coefficient (Wildman–Crippen LogP) is 2.72. The van der Waals surface area contributed by atoms with Crippen molar-refractivity contribution in [2.45, 2.75) is 20.8 Å². The Balaban J connectivity index is 2.92. The summed E-state index contributed by atoms with van der Waals surface area (Å²) in [6.07, 6.45) is 0. The van der Waals surface area contributed by atoms with E-state index in [1.54, 1.807) is 11.3 Å². The highest BCUT2D eigenvalue weighted by Gasteiger charge is 2.07. The van der Waals surface area contributed by atoms with Crippen LogP contribution in [0.4, 0.5) is 0 Å². The van der Waals surface area contributed by atoms with Gasteiger partial charge in [-0.2, -0.15) is 0 Å². The molecule has 0 fully saturated rings. The first kappa shape index (κ1) is 9.11. The molecule has 0 aliphatic rings. The van der Waals surface area contributed by atoms with E-state index in [2.05, 4.69) is 41.1 Å². The van der Waals surface area contributed by atoms with Gasteiger partial charge in [-0.15, -0.1) is 20.6 Å². The van der Waals surface area contributed by atoms with E-state index in [0.717, 1.165) is 10.5 Å². The fourth-order valence-corrected chi connectivity index (χ4v) is 2.71. The van der Waals surface area contributed by atoms with Gasteiger partial charge in [-0.05, 0) is 43.3 Å². The number of thiazole rings is 1. The van der Waals surface area contributed by atoms with Gasteiger partial charge < -0.3 is 0 Å². The lowest BCUT2D eigenvalue weighted by Gasteiger charge is -2.03. The molecule has 0 aliphatic heterocycles. The van der Waals surface area contributed by atoms with Crippen LogP contribution in [0.1, 0.15) is 16.1 Å². The van der Waals surface area contributed by atoms with Crippen LogP contribution in [0, 0.1) is 20.8 Å². The Bertz CT molecular complexity index is 473. The van der Waals surface area contributed by atoms with Crippen molar-refractivity contribution in [3.8, 4) is 0 Å². The standard InChI is InChI=1S/C10H12NPS/c1-5-4-8-9(6(2)10(5)12)11-7(3)13-8/h4H,12H2,1-3H3. The lowest BCUT2D eigenvalue weighted by molar-refractivity contribution is 1.32. The number of hydrogen-bond donors (Lipinski definition) is 0. The van der Waals surface area contributed by atoms with Crippen molar-refractivity contribution in [3.63, 3.8) is 0 Å². The Hall–Kier alpha value is -0.460. The molecule has 0 spiro atoms. The van der Waals surface area contributed by atoms with Crippen LogP contribution in [0.2, 0.25) is 0 Å². The molecule has 0 radical (unpaired) electrons. The number of rotatable bonds is 0. The van der Waals surface area contributed by atoms with E-state index >= 15 is 0 Å². The van der Waals surface area contributed by atoms with Crippen molar-refractivity contribution in [3.05, 3.63) is 22.2 Å². The summed E-state index contributed by atoms with van der Waals surface area (Å²) in [5.74, 6) is 0. The zero-order valence-electron chi connectivity index (χ0n) is 8.01. The Morgan fingerprint density at radius 2 is 2.00 bits per heavy atom. The molecule has 3 heteroatoms. The van der Waals surface area contributed by atoms with E-state index in [0.29, 0.717) is 0 Å². The van der Waals surface area contributed by atoms with E-state index in [1.165, 1.54) is 21.1 Å². The molecule has 1 heterocycles. The Labute approximate surface area is 84.4 Å². The lowest BCUT2D eigenvalue weighted by Crippen LogP contribution is -2.01. The topological polar surface area (TPSA) is 12.9 Å². The predicted molar refractivity (Wildman–Crippen MR) is 63.2 cm³/mol. The minimum absolute atomic E-state index is 1.15. The zero-order chi connectivity index (χ0) is 9.59. The van der Waals surface area contributed by atoms with E-state index in [9.17, 15) is 0 Å². The maximum Gasteiger partial charge on any atom is 0.0907 e. The minimum Gasteiger partial charge on any atom is -0.241 e. The molecule has 1 nitrogen and oxygen atoms in total. The van der Waals surface area contributed by atoms with E-state index < -0.39 is 0 Å². The van der Waals surface area contributed by atoms with Crippen molar-refractivity contribution in [2.24, 2.45) is 0 Å². The van der Waals surface area contributed by atoms with Gasteiger partial charge in [0, 0.05) is 0 Å². The van der Waals surface area contributed by atoms with Crippen LogP contribution in [-0.4, -0.2) is 4.98 Å². The fraction of sp³-hybridized carbons (Fsp3) is 0.300. The summed E-state index contributed by atoms with van der Waals surface area (Å²) in [5, 5.41) is 2.44. The molecule has 0 amide bonds. The second kappa shape index (κ2) is 3.04. The van der Waals surface area contributed by atoms with Gasteiger partial charge in [-0.3, -0.25) is 0 Å². The molecule has 0 N–H and O–H groups in total. The summed E-state index contributed by atoms with van der Waals surface area (Å²) >= 11 is 1.77. The minimum atomic E-state index is 1.15. The molecule has 0 saturated heterocycles. The molecule has 1 atom stereocenters. The monoisotopic (exact) mass is 209 g/mol. The van der Waals surface area contributed by atoms with E-state index in [-0.39, 0.29) is 0 Å². The van der Waals surface area contributed by atoms with Crippen LogP contribution in [0.15, 0.2) is 6.07 Å². The molecular weight excluding hydrogens is 197 g/mol. The summed E-state index contributed by atoms with van der Waals surface area (Å²) in [5.41, 5.74) is 3.79. The van der Waals surface area contributed by atoms with Crippen LogP contribution >= 0.6 is 20.6 Å². The molecule has 1 aromatic heterocycles. The quantitative estimate of drug-likeness (QED) is 0.608. The molecule has 0 saturated carbocycles. The number of aryl methyl sites for hydroxylation is 3. The summed E-state index contributed by atoms with van der Waals surface area (Å²) in [7, 11) is 2.79. The Kier molecular flexibility index (Phi) is 2.13. The molecule has 1 aromatic carbocycles. The van der Waals surface area contributed by atoms with Crippen molar-refractivity contribution in [1.82, 2.24) is 4.98 Å². The smallest absolute Gasteiger partial charge is 0.0907 e. The first-order chi connectivity index (χ1) is 6.09. The highest BCUT2D eigenvalue weighted by molar-refractivity contribution is 7.28. The van der Waals surface area contributed by atoms with Gasteiger partial charge in [0.15, 0.2) is 0 Å². The second-order valence-electron chi connectivity index (χ2n) is 3.31. The second-order valence-corrected chi connectivity index (χ2v) is 5.12. The van der Waals surface area contributed by atoms with Gasteiger partial charge in [0.05, 0.1) is 15.2 Å². The third kappa shape index (κ3) is 1.38. The van der Waals surface area contributed by atoms with Gasteiger partial charge in [0.2, 0.25) is 0 Å². The van der Waals surface area contributed by atoms with Crippen molar-refractivity contribution >= 4 is 36.1 Å². The third-order valence-corrected chi connectivity index (χ3v) is 4.10. The van der Waals surface area contributed by atoms with Crippen LogP contribution in [0.5, 0.6) is 0 Å². The molecule has 0 aliphatic carbocycles. The zero-order valence-corrected chi connectivity index (χ0v) is 9.98. The normalized spacial score (nSPS) is 11.1.